The van der Waals surface area contributed by atoms with E-state index in [0.717, 1.165) is 6.08 Å². The van der Waals surface area contributed by atoms with Gasteiger partial charge in [0.15, 0.2) is 23.3 Å². The summed E-state index contributed by atoms with van der Waals surface area (Å²) < 4.78 is 70.9. The molecule has 2 rings (SSSR count). The van der Waals surface area contributed by atoms with Crippen molar-refractivity contribution < 1.29 is 31.5 Å². The van der Waals surface area contributed by atoms with Gasteiger partial charge < -0.3 is 4.74 Å². The first-order valence-electron chi connectivity index (χ1n) is 6.75. The van der Waals surface area contributed by atoms with Crippen LogP contribution in [0.1, 0.15) is 5.56 Å². The normalized spacial score (nSPS) is 10.8. The van der Waals surface area contributed by atoms with E-state index < -0.39 is 40.7 Å². The largest absolute Gasteiger partial charge is 0.496 e. The molecule has 0 radical (unpaired) electrons. The number of nitrogens with one attached hydrogen (secondary N) is 2. The second kappa shape index (κ2) is 7.65. The molecule has 0 unspecified atom stereocenters. The fourth-order valence-corrected chi connectivity index (χ4v) is 1.85. The monoisotopic (exact) mass is 358 g/mol. The average Bonchev–Trinajstić information content (AvgIpc) is 2.63. The van der Waals surface area contributed by atoms with Gasteiger partial charge in [-0.15, -0.1) is 0 Å². The first-order chi connectivity index (χ1) is 11.9. The highest BCUT2D eigenvalue weighted by molar-refractivity contribution is 5.92. The molecule has 25 heavy (non-hydrogen) atoms. The molecule has 132 valence electrons. The minimum absolute atomic E-state index is 0.472. The molecular formula is C16H11F5N2O2. The first-order valence-corrected chi connectivity index (χ1v) is 6.75. The van der Waals surface area contributed by atoms with Gasteiger partial charge in [0.2, 0.25) is 5.82 Å². The Kier molecular flexibility index (Phi) is 5.58. The van der Waals surface area contributed by atoms with E-state index in [2.05, 4.69) is 0 Å². The van der Waals surface area contributed by atoms with Crippen LogP contribution in [0.15, 0.2) is 30.3 Å². The molecule has 0 aromatic heterocycles. The third-order valence-electron chi connectivity index (χ3n) is 3.07. The molecular weight excluding hydrogens is 347 g/mol. The molecule has 0 heterocycles. The first kappa shape index (κ1) is 18.2. The van der Waals surface area contributed by atoms with Crippen LogP contribution in [0, 0.1) is 29.1 Å². The van der Waals surface area contributed by atoms with E-state index in [1.807, 2.05) is 5.43 Å². The zero-order valence-electron chi connectivity index (χ0n) is 12.7. The Balaban J connectivity index is 2.12. The van der Waals surface area contributed by atoms with Crippen molar-refractivity contribution in [2.24, 2.45) is 0 Å². The van der Waals surface area contributed by atoms with E-state index in [-0.39, 0.29) is 0 Å². The molecule has 0 bridgehead atoms. The fourth-order valence-electron chi connectivity index (χ4n) is 1.85. The lowest BCUT2D eigenvalue weighted by Gasteiger charge is -2.10. The van der Waals surface area contributed by atoms with Crippen LogP contribution in [0.25, 0.3) is 6.08 Å². The number of hydrogen-bond acceptors (Lipinski definition) is 3. The summed E-state index contributed by atoms with van der Waals surface area (Å²) in [5, 5.41) is 0. The van der Waals surface area contributed by atoms with Gasteiger partial charge in [0.05, 0.1) is 7.11 Å². The molecule has 2 N–H and O–H groups in total. The summed E-state index contributed by atoms with van der Waals surface area (Å²) in [6.45, 7) is 0. The molecule has 2 aromatic rings. The molecule has 9 heteroatoms. The van der Waals surface area contributed by atoms with Crippen molar-refractivity contribution in [3.05, 3.63) is 65.0 Å². The number of benzene rings is 2. The maximum Gasteiger partial charge on any atom is 0.262 e. The Labute approximate surface area is 138 Å². The van der Waals surface area contributed by atoms with Crippen LogP contribution in [0.3, 0.4) is 0 Å². The molecule has 0 saturated carbocycles. The highest BCUT2D eigenvalue weighted by atomic mass is 19.2. The van der Waals surface area contributed by atoms with Crippen LogP contribution in [-0.2, 0) is 4.79 Å². The second-order valence-electron chi connectivity index (χ2n) is 4.63. The maximum absolute atomic E-state index is 13.4. The summed E-state index contributed by atoms with van der Waals surface area (Å²) in [6, 6.07) is 6.68. The van der Waals surface area contributed by atoms with Gasteiger partial charge >= 0.3 is 0 Å². The van der Waals surface area contributed by atoms with Gasteiger partial charge in [-0.05, 0) is 12.1 Å². The number of hydrazine groups is 1. The number of carbonyl (C=O) groups excluding carboxylic acids is 1. The van der Waals surface area contributed by atoms with Gasteiger partial charge in [0.25, 0.3) is 5.91 Å². The van der Waals surface area contributed by atoms with E-state index in [4.69, 9.17) is 4.74 Å². The maximum atomic E-state index is 13.4. The predicted molar refractivity (Wildman–Crippen MR) is 80.0 cm³/mol. The van der Waals surface area contributed by atoms with Gasteiger partial charge in [-0.2, -0.15) is 0 Å². The zero-order chi connectivity index (χ0) is 18.6. The molecule has 1 amide bonds. The van der Waals surface area contributed by atoms with Gasteiger partial charge in [-0.25, -0.2) is 22.0 Å². The highest BCUT2D eigenvalue weighted by Gasteiger charge is 2.25. The molecule has 0 aliphatic rings. The number of anilines is 1. The van der Waals surface area contributed by atoms with Crippen molar-refractivity contribution in [3.8, 4) is 5.75 Å². The zero-order valence-corrected chi connectivity index (χ0v) is 12.7. The quantitative estimate of drug-likeness (QED) is 0.283. The van der Waals surface area contributed by atoms with Crippen molar-refractivity contribution in [2.75, 3.05) is 12.5 Å². The molecule has 0 atom stereocenters. The number of carbonyl (C=O) groups is 1. The third-order valence-corrected chi connectivity index (χ3v) is 3.07. The third kappa shape index (κ3) is 3.87. The number of halogens is 5. The van der Waals surface area contributed by atoms with Gasteiger partial charge in [0, 0.05) is 11.6 Å². The number of rotatable bonds is 5. The summed E-state index contributed by atoms with van der Waals surface area (Å²) in [6.07, 6.45) is 2.32. The van der Waals surface area contributed by atoms with E-state index in [0.29, 0.717) is 11.3 Å². The molecule has 0 aliphatic carbocycles. The van der Waals surface area contributed by atoms with Gasteiger partial charge in [-0.1, -0.05) is 18.2 Å². The Morgan fingerprint density at radius 1 is 0.960 bits per heavy atom. The van der Waals surface area contributed by atoms with Crippen molar-refractivity contribution in [2.45, 2.75) is 0 Å². The van der Waals surface area contributed by atoms with Crippen molar-refractivity contribution in [3.63, 3.8) is 0 Å². The second-order valence-corrected chi connectivity index (χ2v) is 4.63. The lowest BCUT2D eigenvalue weighted by atomic mass is 10.2. The molecule has 0 spiro atoms. The number of amides is 1. The van der Waals surface area contributed by atoms with Crippen LogP contribution >= 0.6 is 0 Å². The number of hydrogen-bond donors (Lipinski definition) is 2. The Hall–Kier alpha value is -3.10. The van der Waals surface area contributed by atoms with Crippen LogP contribution in [-0.4, -0.2) is 13.0 Å². The van der Waals surface area contributed by atoms with Crippen LogP contribution in [0.4, 0.5) is 27.6 Å². The van der Waals surface area contributed by atoms with E-state index in [1.165, 1.54) is 13.2 Å². The average molecular weight is 358 g/mol. The standard InChI is InChI=1S/C16H11F5N2O2/c1-25-9-5-3-2-4-8(9)6-7-10(24)22-23-16-14(20)12(18)11(17)13(19)15(16)21/h2-7,23H,1H3,(H,22,24)/b7-6+. The van der Waals surface area contributed by atoms with E-state index >= 15 is 0 Å². The molecule has 4 nitrogen and oxygen atoms in total. The minimum atomic E-state index is -2.29. The highest BCUT2D eigenvalue weighted by Crippen LogP contribution is 2.26. The lowest BCUT2D eigenvalue weighted by Crippen LogP contribution is -2.29. The van der Waals surface area contributed by atoms with Gasteiger partial charge in [0.1, 0.15) is 11.4 Å². The Morgan fingerprint density at radius 2 is 1.52 bits per heavy atom. The summed E-state index contributed by atoms with van der Waals surface area (Å²) in [4.78, 5) is 11.6. The summed E-state index contributed by atoms with van der Waals surface area (Å²) in [7, 11) is 1.43. The fraction of sp³-hybridized carbons (Fsp3) is 0.0625. The smallest absolute Gasteiger partial charge is 0.262 e. The number of methoxy groups -OCH3 is 1. The van der Waals surface area contributed by atoms with Gasteiger partial charge in [-0.3, -0.25) is 15.6 Å². The summed E-state index contributed by atoms with van der Waals surface area (Å²) >= 11 is 0. The van der Waals surface area contributed by atoms with Crippen LogP contribution < -0.4 is 15.6 Å². The van der Waals surface area contributed by atoms with Crippen LogP contribution in [0.5, 0.6) is 5.75 Å². The van der Waals surface area contributed by atoms with Crippen LogP contribution in [0.2, 0.25) is 0 Å². The summed E-state index contributed by atoms with van der Waals surface area (Å²) in [5.41, 5.74) is 2.66. The van der Waals surface area contributed by atoms with Crippen molar-refractivity contribution in [1.29, 1.82) is 0 Å². The molecule has 0 aliphatic heterocycles. The molecule has 2 aromatic carbocycles. The predicted octanol–water partition coefficient (Wildman–Crippen LogP) is 3.55. The molecule has 0 saturated heterocycles. The Morgan fingerprint density at radius 3 is 2.12 bits per heavy atom. The molecule has 0 fully saturated rings. The van der Waals surface area contributed by atoms with E-state index in [1.54, 1.807) is 29.7 Å². The minimum Gasteiger partial charge on any atom is -0.496 e. The van der Waals surface area contributed by atoms with Crippen molar-refractivity contribution >= 4 is 17.7 Å². The van der Waals surface area contributed by atoms with E-state index in [9.17, 15) is 26.7 Å². The number of ether oxygens (including phenoxy) is 1. The van der Waals surface area contributed by atoms with Crippen molar-refractivity contribution in [1.82, 2.24) is 5.43 Å². The number of para-hydroxylation sites is 1. The topological polar surface area (TPSA) is 50.4 Å². The SMILES string of the molecule is COc1ccccc1/C=C/C(=O)NNc1c(F)c(F)c(F)c(F)c1F. The Bertz CT molecular complexity index is 811. The summed E-state index contributed by atoms with van der Waals surface area (Å²) in [5.74, 6) is -11.1. The lowest BCUT2D eigenvalue weighted by molar-refractivity contribution is -0.116.